The van der Waals surface area contributed by atoms with Crippen molar-refractivity contribution in [3.63, 3.8) is 0 Å². The van der Waals surface area contributed by atoms with E-state index in [2.05, 4.69) is 0 Å². The number of benzene rings is 2. The van der Waals surface area contributed by atoms with Gasteiger partial charge in [-0.3, -0.25) is 0 Å². The fourth-order valence-electron chi connectivity index (χ4n) is 1.83. The quantitative estimate of drug-likeness (QED) is 0.416. The zero-order valence-electron chi connectivity index (χ0n) is 11.1. The normalized spacial score (nSPS) is 11.2. The molecule has 2 aromatic carbocycles. The highest BCUT2D eigenvalue weighted by atomic mass is 19.2. The summed E-state index contributed by atoms with van der Waals surface area (Å²) in [5, 5.41) is 0. The van der Waals surface area contributed by atoms with Gasteiger partial charge >= 0.3 is 0 Å². The summed E-state index contributed by atoms with van der Waals surface area (Å²) in [5.41, 5.74) is -3.05. The lowest BCUT2D eigenvalue weighted by atomic mass is 10.0. The van der Waals surface area contributed by atoms with Crippen molar-refractivity contribution in [1.29, 1.82) is 0 Å². The summed E-state index contributed by atoms with van der Waals surface area (Å²) >= 11 is 0. The molecule has 0 aliphatic carbocycles. The minimum absolute atomic E-state index is 0.120. The molecule has 0 atom stereocenters. The van der Waals surface area contributed by atoms with Crippen LogP contribution in [-0.4, -0.2) is 0 Å². The molecule has 0 bridgehead atoms. The van der Waals surface area contributed by atoms with Crippen molar-refractivity contribution in [1.82, 2.24) is 0 Å². The predicted molar refractivity (Wildman–Crippen MR) is 59.6 cm³/mol. The van der Waals surface area contributed by atoms with Crippen LogP contribution in [0.25, 0.3) is 0 Å². The smallest absolute Gasteiger partial charge is 0.200 e. The molecule has 0 unspecified atom stereocenters. The second-order valence-corrected chi connectivity index (χ2v) is 4.44. The first kappa shape index (κ1) is 18.1. The van der Waals surface area contributed by atoms with E-state index < -0.39 is 75.7 Å². The van der Waals surface area contributed by atoms with Crippen LogP contribution >= 0.6 is 0 Å². The van der Waals surface area contributed by atoms with Crippen LogP contribution < -0.4 is 0 Å². The Kier molecular flexibility index (Phi) is 4.77. The van der Waals surface area contributed by atoms with E-state index in [0.29, 0.717) is 0 Å². The largest absolute Gasteiger partial charge is 0.203 e. The van der Waals surface area contributed by atoms with Crippen LogP contribution in [0.5, 0.6) is 0 Å². The highest BCUT2D eigenvalue weighted by Gasteiger charge is 2.28. The van der Waals surface area contributed by atoms with Gasteiger partial charge in [0.1, 0.15) is 0 Å². The maximum absolute atomic E-state index is 13.4. The molecular weight excluding hydrogens is 358 g/mol. The monoisotopic (exact) mass is 361 g/mol. The predicted octanol–water partition coefficient (Wildman–Crippen LogP) is 4.87. The molecule has 0 fully saturated rings. The topological polar surface area (TPSA) is 0 Å². The molecule has 0 amide bonds. The van der Waals surface area contributed by atoms with E-state index in [0.717, 1.165) is 0 Å². The molecule has 0 N–H and O–H groups in total. The fourth-order valence-corrected chi connectivity index (χ4v) is 1.83. The lowest BCUT2D eigenvalue weighted by Gasteiger charge is -2.10. The zero-order chi connectivity index (χ0) is 18.3. The van der Waals surface area contributed by atoms with Gasteiger partial charge in [-0.05, 0) is 6.42 Å². The van der Waals surface area contributed by atoms with E-state index in [1.807, 2.05) is 0 Å². The maximum atomic E-state index is 13.4. The van der Waals surface area contributed by atoms with Gasteiger partial charge in [-0.2, -0.15) is 0 Å². The Morgan fingerprint density at radius 2 is 0.708 bits per heavy atom. The molecule has 0 saturated carbocycles. The van der Waals surface area contributed by atoms with E-state index in [1.54, 1.807) is 0 Å². The molecule has 1 radical (unpaired) electrons. The zero-order valence-corrected chi connectivity index (χ0v) is 11.1. The molecule has 129 valence electrons. The molecule has 0 spiro atoms. The molecule has 0 heterocycles. The second kappa shape index (κ2) is 6.33. The molecule has 2 rings (SSSR count). The molecule has 0 saturated heterocycles. The summed E-state index contributed by atoms with van der Waals surface area (Å²) in [5.74, 6) is -23.4. The lowest BCUT2D eigenvalue weighted by molar-refractivity contribution is 0.368. The third-order valence-corrected chi connectivity index (χ3v) is 3.05. The van der Waals surface area contributed by atoms with Crippen molar-refractivity contribution in [2.24, 2.45) is 0 Å². The average Bonchev–Trinajstić information content (AvgIpc) is 2.57. The fraction of sp³-hybridized carbons (Fsp3) is 0.0714. The summed E-state index contributed by atoms with van der Waals surface area (Å²) in [4.78, 5) is 0. The summed E-state index contributed by atoms with van der Waals surface area (Å²) in [7, 11) is 0. The van der Waals surface area contributed by atoms with Gasteiger partial charge in [-0.15, -0.1) is 0 Å². The van der Waals surface area contributed by atoms with Gasteiger partial charge in [0.15, 0.2) is 46.5 Å². The minimum atomic E-state index is -2.46. The van der Waals surface area contributed by atoms with E-state index in [1.165, 1.54) is 0 Å². The molecule has 0 aromatic heterocycles. The summed E-state index contributed by atoms with van der Waals surface area (Å²) in [6.45, 7) is 0. The number of hydrogen-bond donors (Lipinski definition) is 0. The van der Waals surface area contributed by atoms with Crippen molar-refractivity contribution < 1.29 is 43.9 Å². The minimum Gasteiger partial charge on any atom is -0.203 e. The van der Waals surface area contributed by atoms with E-state index in [4.69, 9.17) is 0 Å². The van der Waals surface area contributed by atoms with E-state index >= 15 is 0 Å². The lowest BCUT2D eigenvalue weighted by Crippen LogP contribution is -2.10. The van der Waals surface area contributed by atoms with Gasteiger partial charge in [0.05, 0.1) is 0 Å². The van der Waals surface area contributed by atoms with Crippen LogP contribution in [-0.2, 0) is 6.42 Å². The Labute approximate surface area is 127 Å². The van der Waals surface area contributed by atoms with Crippen LogP contribution in [0.15, 0.2) is 0 Å². The highest BCUT2D eigenvalue weighted by molar-refractivity contribution is 5.33. The van der Waals surface area contributed by atoms with Crippen LogP contribution in [0.1, 0.15) is 11.1 Å². The van der Waals surface area contributed by atoms with E-state index in [9.17, 15) is 43.9 Å². The first-order chi connectivity index (χ1) is 11.1. The van der Waals surface area contributed by atoms with Crippen molar-refractivity contribution in [3.05, 3.63) is 75.7 Å². The van der Waals surface area contributed by atoms with Crippen LogP contribution in [0.2, 0.25) is 0 Å². The molecule has 0 aliphatic heterocycles. The molecule has 2 aromatic rings. The Morgan fingerprint density at radius 3 is 1.08 bits per heavy atom. The van der Waals surface area contributed by atoms with Crippen LogP contribution in [0, 0.1) is 64.6 Å². The molecule has 0 nitrogen and oxygen atoms in total. The first-order valence-corrected chi connectivity index (χ1v) is 5.94. The third-order valence-electron chi connectivity index (χ3n) is 3.05. The van der Waals surface area contributed by atoms with Crippen molar-refractivity contribution in [2.75, 3.05) is 0 Å². The maximum Gasteiger partial charge on any atom is 0.200 e. The van der Waals surface area contributed by atoms with Crippen molar-refractivity contribution >= 4 is 0 Å². The first-order valence-electron chi connectivity index (χ1n) is 5.94. The van der Waals surface area contributed by atoms with Gasteiger partial charge < -0.3 is 0 Å². The van der Waals surface area contributed by atoms with Gasteiger partial charge in [0.25, 0.3) is 0 Å². The van der Waals surface area contributed by atoms with Crippen LogP contribution in [0.4, 0.5) is 43.9 Å². The van der Waals surface area contributed by atoms with Crippen LogP contribution in [0.3, 0.4) is 0 Å². The van der Waals surface area contributed by atoms with Gasteiger partial charge in [-0.1, -0.05) is 0 Å². The molecule has 10 heteroatoms. The van der Waals surface area contributed by atoms with Gasteiger partial charge in [-0.25, -0.2) is 43.9 Å². The standard InChI is InChI=1S/C14H3F10/c15-5-3(6(16)10(20)13(23)9(5)19)1-2-4-7(17)11(21)14(24)12(22)8(4)18/h1H,2H2. The Hall–Kier alpha value is -2.26. The van der Waals surface area contributed by atoms with E-state index in [-0.39, 0.29) is 6.42 Å². The number of hydrogen-bond acceptors (Lipinski definition) is 0. The molecule has 0 aliphatic rings. The Morgan fingerprint density at radius 1 is 0.417 bits per heavy atom. The molecule has 24 heavy (non-hydrogen) atoms. The highest BCUT2D eigenvalue weighted by Crippen LogP contribution is 2.28. The SMILES string of the molecule is Fc1c(F)c(F)c([CH]Cc2c(F)c(F)c(F)c(F)c2F)c(F)c1F. The average molecular weight is 361 g/mol. The van der Waals surface area contributed by atoms with Gasteiger partial charge in [0, 0.05) is 17.5 Å². The molecular formula is C14H3F10. The third kappa shape index (κ3) is 2.69. The Balaban J connectivity index is 2.48. The summed E-state index contributed by atoms with van der Waals surface area (Å²) < 4.78 is 131. The van der Waals surface area contributed by atoms with Crippen molar-refractivity contribution in [2.45, 2.75) is 6.42 Å². The Bertz CT molecular complexity index is 700. The van der Waals surface area contributed by atoms with Gasteiger partial charge in [0.2, 0.25) is 11.6 Å². The summed E-state index contributed by atoms with van der Waals surface area (Å²) in [6, 6.07) is 0. The summed E-state index contributed by atoms with van der Waals surface area (Å²) in [6.07, 6.45) is -1.20. The van der Waals surface area contributed by atoms with Crippen molar-refractivity contribution in [3.8, 4) is 0 Å². The number of rotatable bonds is 3. The second-order valence-electron chi connectivity index (χ2n) is 4.44. The number of halogens is 10.